The molecule has 0 fully saturated rings. The molecule has 0 amide bonds. The maximum absolute atomic E-state index is 13.9. The molecule has 0 atom stereocenters. The van der Waals surface area contributed by atoms with Crippen LogP contribution in [-0.2, 0) is 29.4 Å². The smallest absolute Gasteiger partial charge is 0.312 e. The average molecular weight is 586 g/mol. The summed E-state index contributed by atoms with van der Waals surface area (Å²) in [6, 6.07) is 3.93. The number of sulfonamides is 1. The number of carbonyl (C=O) groups excluding carboxylic acids is 1. The van der Waals surface area contributed by atoms with Gasteiger partial charge in [-0.3, -0.25) is 4.79 Å². The van der Waals surface area contributed by atoms with Gasteiger partial charge in [0, 0.05) is 35.1 Å². The minimum Gasteiger partial charge on any atom is -0.382 e. The van der Waals surface area contributed by atoms with Gasteiger partial charge < -0.3 is 10.3 Å². The van der Waals surface area contributed by atoms with Crippen LogP contribution in [-0.4, -0.2) is 45.5 Å². The summed E-state index contributed by atoms with van der Waals surface area (Å²) in [5.74, 6) is 0.661. The van der Waals surface area contributed by atoms with E-state index in [1.165, 1.54) is 0 Å². The summed E-state index contributed by atoms with van der Waals surface area (Å²) in [5.41, 5.74) is 9.16. The quantitative estimate of drug-likeness (QED) is 0.236. The summed E-state index contributed by atoms with van der Waals surface area (Å²) in [5, 5.41) is -0.534. The van der Waals surface area contributed by atoms with Crippen molar-refractivity contribution in [3.8, 4) is 0 Å². The van der Waals surface area contributed by atoms with Crippen LogP contribution in [0.3, 0.4) is 0 Å². The Morgan fingerprint density at radius 1 is 1.24 bits per heavy atom. The van der Waals surface area contributed by atoms with E-state index in [9.17, 15) is 17.6 Å². The van der Waals surface area contributed by atoms with E-state index in [1.54, 1.807) is 18.4 Å². The molecule has 0 aliphatic heterocycles. The predicted octanol–water partition coefficient (Wildman–Crippen LogP) is 2.59. The van der Waals surface area contributed by atoms with Crippen molar-refractivity contribution >= 4 is 55.4 Å². The number of hydrogen-bond donors (Lipinski definition) is 2. The number of aryl methyl sites for hydroxylation is 2. The Bertz CT molecular complexity index is 1360. The largest absolute Gasteiger partial charge is 0.382 e. The third-order valence-electron chi connectivity index (χ3n) is 5.70. The summed E-state index contributed by atoms with van der Waals surface area (Å²) in [4.78, 5) is 24.3. The molecule has 0 unspecified atom stereocenters. The van der Waals surface area contributed by atoms with Crippen molar-refractivity contribution < 1.29 is 17.6 Å². The van der Waals surface area contributed by atoms with E-state index in [2.05, 4.69) is 42.3 Å². The highest BCUT2D eigenvalue weighted by molar-refractivity contribution is 14.1. The molecule has 0 saturated carbocycles. The predicted molar refractivity (Wildman–Crippen MR) is 131 cm³/mol. The zero-order chi connectivity index (χ0) is 23.9. The topological polar surface area (TPSA) is 133 Å². The van der Waals surface area contributed by atoms with Crippen LogP contribution in [0.25, 0.3) is 11.2 Å². The molecule has 3 aromatic rings. The number of imidazole rings is 1. The number of aromatic nitrogens is 4. The normalized spacial score (nSPS) is 13.9. The number of hydrogen-bond acceptors (Lipinski definition) is 7. The summed E-state index contributed by atoms with van der Waals surface area (Å²) in [6.45, 7) is 3.78. The van der Waals surface area contributed by atoms with Gasteiger partial charge in [0.2, 0.25) is 10.0 Å². The second-order valence-electron chi connectivity index (χ2n) is 8.27. The van der Waals surface area contributed by atoms with Gasteiger partial charge in [-0.1, -0.05) is 0 Å². The number of fused-ring (bicyclic) bond motifs is 2. The van der Waals surface area contributed by atoms with Gasteiger partial charge in [-0.05, 0) is 72.5 Å². The number of benzene rings is 1. The SMILES string of the molecule is CC(C)S(=O)(=O)NCCCn1c(Cc2cc3c(cc2I)CCC3=O)nc2c(N)nc(F)nc21. The molecule has 33 heavy (non-hydrogen) atoms. The molecule has 3 N–H and O–H groups in total. The molecule has 0 saturated heterocycles. The number of carbonyl (C=O) groups is 1. The number of rotatable bonds is 8. The minimum absolute atomic E-state index is 0.0585. The van der Waals surface area contributed by atoms with E-state index in [0.29, 0.717) is 37.1 Å². The van der Waals surface area contributed by atoms with Gasteiger partial charge >= 0.3 is 6.08 Å². The molecule has 0 radical (unpaired) electrons. The number of nitrogen functional groups attached to an aromatic ring is 1. The standard InChI is InChI=1S/C21H24FIN6O3S/c1-11(2)33(31,32)25-6-3-7-29-17(26-18-19(24)27-21(22)28-20(18)29)10-13-8-14-12(9-15(13)23)4-5-16(14)30/h8-9,11,25H,3-7,10H2,1-2H3,(H2,24,27,28). The zero-order valence-electron chi connectivity index (χ0n) is 18.2. The van der Waals surface area contributed by atoms with Crippen molar-refractivity contribution in [1.82, 2.24) is 24.2 Å². The van der Waals surface area contributed by atoms with E-state index in [1.807, 2.05) is 12.1 Å². The summed E-state index contributed by atoms with van der Waals surface area (Å²) in [7, 11) is -3.38. The monoisotopic (exact) mass is 586 g/mol. The van der Waals surface area contributed by atoms with Crippen LogP contribution in [0, 0.1) is 9.65 Å². The summed E-state index contributed by atoms with van der Waals surface area (Å²) < 4.78 is 43.3. The number of nitrogens with one attached hydrogen (secondary N) is 1. The third kappa shape index (κ3) is 4.87. The Morgan fingerprint density at radius 3 is 2.73 bits per heavy atom. The maximum atomic E-state index is 13.9. The number of halogens is 2. The molecule has 9 nitrogen and oxygen atoms in total. The fourth-order valence-electron chi connectivity index (χ4n) is 3.84. The second-order valence-corrected chi connectivity index (χ2v) is 11.8. The van der Waals surface area contributed by atoms with Gasteiger partial charge in [-0.15, -0.1) is 0 Å². The lowest BCUT2D eigenvalue weighted by atomic mass is 10.0. The molecule has 2 heterocycles. The number of nitrogens with zero attached hydrogens (tertiary/aromatic N) is 4. The molecular formula is C21H24FIN6O3S. The number of ketones is 1. The molecule has 0 spiro atoms. The lowest BCUT2D eigenvalue weighted by Crippen LogP contribution is -2.32. The van der Waals surface area contributed by atoms with Crippen molar-refractivity contribution in [2.24, 2.45) is 0 Å². The number of nitrogens with two attached hydrogens (primary N) is 1. The fraction of sp³-hybridized carbons (Fsp3) is 0.429. The lowest BCUT2D eigenvalue weighted by Gasteiger charge is -2.12. The molecule has 0 bridgehead atoms. The fourth-order valence-corrected chi connectivity index (χ4v) is 5.33. The minimum atomic E-state index is -3.38. The van der Waals surface area contributed by atoms with E-state index in [-0.39, 0.29) is 23.8 Å². The van der Waals surface area contributed by atoms with Crippen LogP contribution in [0.2, 0.25) is 0 Å². The van der Waals surface area contributed by atoms with Crippen LogP contribution in [0.5, 0.6) is 0 Å². The van der Waals surface area contributed by atoms with Crippen molar-refractivity contribution in [3.05, 3.63) is 44.3 Å². The second kappa shape index (κ2) is 9.22. The highest BCUT2D eigenvalue weighted by atomic mass is 127. The van der Waals surface area contributed by atoms with Crippen LogP contribution < -0.4 is 10.5 Å². The van der Waals surface area contributed by atoms with Gasteiger partial charge in [0.25, 0.3) is 0 Å². The van der Waals surface area contributed by atoms with Gasteiger partial charge in [0.1, 0.15) is 5.82 Å². The Balaban J connectivity index is 1.66. The first-order valence-electron chi connectivity index (χ1n) is 10.6. The Labute approximate surface area is 204 Å². The first-order valence-corrected chi connectivity index (χ1v) is 13.2. The average Bonchev–Trinajstić information content (AvgIpc) is 3.26. The van der Waals surface area contributed by atoms with Crippen molar-refractivity contribution in [2.45, 2.75) is 51.3 Å². The van der Waals surface area contributed by atoms with Crippen LogP contribution in [0.1, 0.15) is 54.0 Å². The van der Waals surface area contributed by atoms with Crippen LogP contribution in [0.4, 0.5) is 10.2 Å². The van der Waals surface area contributed by atoms with Crippen molar-refractivity contribution in [2.75, 3.05) is 12.3 Å². The van der Waals surface area contributed by atoms with Gasteiger partial charge in [-0.25, -0.2) is 18.1 Å². The highest BCUT2D eigenvalue weighted by Gasteiger charge is 2.23. The maximum Gasteiger partial charge on any atom is 0.312 e. The zero-order valence-corrected chi connectivity index (χ0v) is 21.2. The molecule has 1 aromatic carbocycles. The summed E-state index contributed by atoms with van der Waals surface area (Å²) in [6.07, 6.45) is 1.14. The number of anilines is 1. The van der Waals surface area contributed by atoms with E-state index >= 15 is 0 Å². The third-order valence-corrected chi connectivity index (χ3v) is 8.55. The first kappa shape index (κ1) is 24.0. The first-order chi connectivity index (χ1) is 15.6. The van der Waals surface area contributed by atoms with Gasteiger partial charge in [0.15, 0.2) is 22.8 Å². The molecule has 4 rings (SSSR count). The van der Waals surface area contributed by atoms with Crippen molar-refractivity contribution in [3.63, 3.8) is 0 Å². The Kier molecular flexibility index (Phi) is 6.69. The van der Waals surface area contributed by atoms with Crippen LogP contribution in [0.15, 0.2) is 12.1 Å². The van der Waals surface area contributed by atoms with Crippen molar-refractivity contribution in [1.29, 1.82) is 0 Å². The molecule has 2 aromatic heterocycles. The molecule has 176 valence electrons. The Morgan fingerprint density at radius 2 is 2.00 bits per heavy atom. The molecule has 12 heteroatoms. The highest BCUT2D eigenvalue weighted by Crippen LogP contribution is 2.29. The lowest BCUT2D eigenvalue weighted by molar-refractivity contribution is 0.0994. The molecular weight excluding hydrogens is 562 g/mol. The molecule has 1 aliphatic rings. The Hall–Kier alpha value is -2.19. The van der Waals surface area contributed by atoms with Gasteiger partial charge in [0.05, 0.1) is 5.25 Å². The van der Waals surface area contributed by atoms with E-state index in [4.69, 9.17) is 5.73 Å². The molecule has 1 aliphatic carbocycles. The van der Waals surface area contributed by atoms with Crippen LogP contribution >= 0.6 is 22.6 Å². The number of Topliss-reactive ketones (excluding diaryl/α,β-unsaturated/α-hetero) is 1. The van der Waals surface area contributed by atoms with E-state index in [0.717, 1.165) is 26.7 Å². The van der Waals surface area contributed by atoms with Gasteiger partial charge in [-0.2, -0.15) is 14.4 Å². The summed E-state index contributed by atoms with van der Waals surface area (Å²) >= 11 is 2.24. The van der Waals surface area contributed by atoms with E-state index < -0.39 is 21.4 Å².